The summed E-state index contributed by atoms with van der Waals surface area (Å²) in [6.07, 6.45) is 0. The van der Waals surface area contributed by atoms with E-state index in [1.54, 1.807) is 7.11 Å². The molecule has 0 heterocycles. The van der Waals surface area contributed by atoms with Gasteiger partial charge in [-0.05, 0) is 0 Å². The SMILES string of the molecule is C/[CH]=[Ge](\[CH2]C)[C](=O)c1ccc(OC)cc1. The molecule has 0 aliphatic carbocycles. The second kappa shape index (κ2) is 5.86. The number of benzene rings is 1. The van der Waals surface area contributed by atoms with Gasteiger partial charge in [-0.15, -0.1) is 0 Å². The number of carbonyl (C=O) groups excluding carboxylic acids is 1. The Bertz CT molecular complexity index is 366. The van der Waals surface area contributed by atoms with Gasteiger partial charge >= 0.3 is 94.7 Å². The molecular weight excluding hydrogens is 249 g/mol. The molecule has 0 aliphatic heterocycles. The van der Waals surface area contributed by atoms with Crippen LogP contribution in [0.25, 0.3) is 0 Å². The third-order valence-corrected chi connectivity index (χ3v) is 7.26. The Kier molecular flexibility index (Phi) is 4.75. The number of hydrogen-bond donors (Lipinski definition) is 0. The number of methoxy groups -OCH3 is 1. The first-order valence-electron chi connectivity index (χ1n) is 5.06. The van der Waals surface area contributed by atoms with Crippen molar-refractivity contribution in [2.45, 2.75) is 19.1 Å². The Morgan fingerprint density at radius 1 is 1.40 bits per heavy atom. The van der Waals surface area contributed by atoms with Gasteiger partial charge in [0.1, 0.15) is 0 Å². The molecule has 0 unspecified atom stereocenters. The summed E-state index contributed by atoms with van der Waals surface area (Å²) < 4.78 is 5.41. The molecule has 0 aliphatic rings. The molecule has 1 aromatic rings. The van der Waals surface area contributed by atoms with Crippen LogP contribution in [-0.2, 0) is 0 Å². The standard InChI is InChI=1S/C12H16GeO2/c1-4-13(5-2)12(14)10-6-8-11(15-3)9-7-10/h4,6-9H,5H2,1-3H3/b13-4+. The van der Waals surface area contributed by atoms with Crippen molar-refractivity contribution in [1.29, 1.82) is 0 Å². The molecule has 0 atom stereocenters. The topological polar surface area (TPSA) is 26.3 Å². The molecule has 0 radical (unpaired) electrons. The van der Waals surface area contributed by atoms with Gasteiger partial charge in [-0.1, -0.05) is 0 Å². The number of ether oxygens (including phenoxy) is 1. The molecule has 3 heteroatoms. The average Bonchev–Trinajstić information content (AvgIpc) is 2.30. The molecule has 1 rings (SSSR count). The summed E-state index contributed by atoms with van der Waals surface area (Å²) in [5.41, 5.74) is 0.825. The Hall–Kier alpha value is -0.897. The number of hydrogen-bond acceptors (Lipinski definition) is 2. The first kappa shape index (κ1) is 12.2. The van der Waals surface area contributed by atoms with Crippen molar-refractivity contribution in [3.8, 4) is 5.75 Å². The summed E-state index contributed by atoms with van der Waals surface area (Å²) in [7, 11) is 1.63. The number of carbonyl (C=O) groups is 1. The van der Waals surface area contributed by atoms with Crippen molar-refractivity contribution in [3.63, 3.8) is 0 Å². The quantitative estimate of drug-likeness (QED) is 0.781. The maximum absolute atomic E-state index is 12.0. The Morgan fingerprint density at radius 2 is 2.00 bits per heavy atom. The monoisotopic (exact) mass is 266 g/mol. The predicted molar refractivity (Wildman–Crippen MR) is 65.3 cm³/mol. The molecule has 0 saturated carbocycles. The van der Waals surface area contributed by atoms with Gasteiger partial charge in [-0.25, -0.2) is 0 Å². The fourth-order valence-corrected chi connectivity index (χ4v) is 4.63. The minimum atomic E-state index is -1.62. The molecular formula is C12H16GeO2. The van der Waals surface area contributed by atoms with Crippen molar-refractivity contribution in [3.05, 3.63) is 29.8 Å². The van der Waals surface area contributed by atoms with Crippen molar-refractivity contribution in [1.82, 2.24) is 0 Å². The van der Waals surface area contributed by atoms with Crippen LogP contribution in [0.15, 0.2) is 24.3 Å². The van der Waals surface area contributed by atoms with Crippen LogP contribution in [0.4, 0.5) is 0 Å². The fourth-order valence-electron chi connectivity index (χ4n) is 1.42. The van der Waals surface area contributed by atoms with Crippen LogP contribution in [0.5, 0.6) is 5.75 Å². The van der Waals surface area contributed by atoms with E-state index < -0.39 is 13.9 Å². The first-order chi connectivity index (χ1) is 7.22. The molecule has 0 saturated heterocycles. The second-order valence-electron chi connectivity index (χ2n) is 3.23. The van der Waals surface area contributed by atoms with Crippen molar-refractivity contribution >= 4 is 23.4 Å². The molecule has 0 spiro atoms. The van der Waals surface area contributed by atoms with Crippen LogP contribution < -0.4 is 4.74 Å². The van der Waals surface area contributed by atoms with E-state index in [4.69, 9.17) is 4.74 Å². The van der Waals surface area contributed by atoms with E-state index in [0.29, 0.717) is 4.62 Å². The van der Waals surface area contributed by atoms with Gasteiger partial charge < -0.3 is 0 Å². The molecule has 1 aromatic carbocycles. The van der Waals surface area contributed by atoms with E-state index >= 15 is 0 Å². The Balaban J connectivity index is 2.92. The summed E-state index contributed by atoms with van der Waals surface area (Å²) in [5.74, 6) is 0.796. The zero-order valence-electron chi connectivity index (χ0n) is 9.41. The van der Waals surface area contributed by atoms with Crippen LogP contribution >= 0.6 is 0 Å². The number of rotatable bonds is 4. The van der Waals surface area contributed by atoms with E-state index in [-0.39, 0.29) is 0 Å². The summed E-state index contributed by atoms with van der Waals surface area (Å²) in [4.78, 5) is 14.1. The summed E-state index contributed by atoms with van der Waals surface area (Å²) in [6.45, 7) is 4.09. The van der Waals surface area contributed by atoms with Gasteiger partial charge in [-0.2, -0.15) is 0 Å². The molecule has 0 amide bonds. The molecule has 2 nitrogen and oxygen atoms in total. The molecule has 0 N–H and O–H groups in total. The normalized spacial score (nSPS) is 11.3. The van der Waals surface area contributed by atoms with Gasteiger partial charge in [0.05, 0.1) is 0 Å². The molecule has 15 heavy (non-hydrogen) atoms. The van der Waals surface area contributed by atoms with E-state index in [9.17, 15) is 4.79 Å². The van der Waals surface area contributed by atoms with Gasteiger partial charge in [0.25, 0.3) is 0 Å². The van der Waals surface area contributed by atoms with Gasteiger partial charge in [0.2, 0.25) is 0 Å². The van der Waals surface area contributed by atoms with Gasteiger partial charge in [0.15, 0.2) is 0 Å². The van der Waals surface area contributed by atoms with Crippen molar-refractivity contribution in [2.75, 3.05) is 7.11 Å². The maximum atomic E-state index is 12.0. The Labute approximate surface area is 94.9 Å². The van der Waals surface area contributed by atoms with Crippen LogP contribution in [0.1, 0.15) is 24.2 Å². The zero-order valence-corrected chi connectivity index (χ0v) is 11.5. The van der Waals surface area contributed by atoms with E-state index in [0.717, 1.165) is 16.6 Å². The molecule has 0 fully saturated rings. The van der Waals surface area contributed by atoms with Crippen LogP contribution in [0.2, 0.25) is 5.25 Å². The third kappa shape index (κ3) is 3.03. The second-order valence-corrected chi connectivity index (χ2v) is 9.08. The van der Waals surface area contributed by atoms with E-state index in [1.165, 1.54) is 0 Å². The summed E-state index contributed by atoms with van der Waals surface area (Å²) in [6, 6.07) is 7.39. The molecule has 0 bridgehead atoms. The van der Waals surface area contributed by atoms with Crippen molar-refractivity contribution in [2.24, 2.45) is 0 Å². The van der Waals surface area contributed by atoms with E-state index in [1.807, 2.05) is 31.2 Å². The first-order valence-corrected chi connectivity index (χ1v) is 8.81. The minimum absolute atomic E-state index is 0.350. The van der Waals surface area contributed by atoms with Crippen LogP contribution in [-0.4, -0.2) is 30.5 Å². The van der Waals surface area contributed by atoms with Crippen molar-refractivity contribution < 1.29 is 9.53 Å². The average molecular weight is 265 g/mol. The molecule has 80 valence electrons. The van der Waals surface area contributed by atoms with Crippen LogP contribution in [0.3, 0.4) is 0 Å². The molecule has 0 aromatic heterocycles. The van der Waals surface area contributed by atoms with E-state index in [2.05, 4.69) is 11.8 Å². The summed E-state index contributed by atoms with van der Waals surface area (Å²) >= 11 is -1.62. The van der Waals surface area contributed by atoms with Gasteiger partial charge in [-0.3, -0.25) is 0 Å². The fraction of sp³-hybridized carbons (Fsp3) is 0.333. The predicted octanol–water partition coefficient (Wildman–Crippen LogP) is 2.34. The Morgan fingerprint density at radius 3 is 2.40 bits per heavy atom. The third-order valence-electron chi connectivity index (χ3n) is 2.37. The van der Waals surface area contributed by atoms with Gasteiger partial charge in [0, 0.05) is 0 Å². The zero-order chi connectivity index (χ0) is 11.3. The van der Waals surface area contributed by atoms with Crippen LogP contribution in [0, 0.1) is 0 Å². The summed E-state index contributed by atoms with van der Waals surface area (Å²) in [5, 5.41) is 1.02.